The summed E-state index contributed by atoms with van der Waals surface area (Å²) in [6.07, 6.45) is 6.39. The lowest BCUT2D eigenvalue weighted by Gasteiger charge is -2.36. The van der Waals surface area contributed by atoms with Crippen LogP contribution in [0.1, 0.15) is 25.7 Å². The first-order chi connectivity index (χ1) is 9.90. The predicted octanol–water partition coefficient (Wildman–Crippen LogP) is 2.78. The minimum atomic E-state index is -3.19. The van der Waals surface area contributed by atoms with Gasteiger partial charge in [0.15, 0.2) is 0 Å². The molecule has 4 nitrogen and oxygen atoms in total. The van der Waals surface area contributed by atoms with Crippen molar-refractivity contribution in [1.29, 1.82) is 0 Å². The van der Waals surface area contributed by atoms with Crippen LogP contribution in [0, 0.1) is 0 Å². The number of sulfonamides is 1. The van der Waals surface area contributed by atoms with Crippen molar-refractivity contribution < 1.29 is 8.42 Å². The lowest BCUT2D eigenvalue weighted by atomic mass is 10.0. The second kappa shape index (κ2) is 5.82. The molecule has 0 amide bonds. The van der Waals surface area contributed by atoms with Gasteiger partial charge in [-0.05, 0) is 57.0 Å². The van der Waals surface area contributed by atoms with Gasteiger partial charge in [0.25, 0.3) is 0 Å². The van der Waals surface area contributed by atoms with E-state index in [1.54, 1.807) is 0 Å². The molecule has 0 aromatic heterocycles. The Morgan fingerprint density at radius 1 is 1.14 bits per heavy atom. The molecule has 0 unspecified atom stereocenters. The van der Waals surface area contributed by atoms with E-state index in [4.69, 9.17) is 0 Å². The molecule has 2 bridgehead atoms. The fraction of sp³-hybridized carbons (Fsp3) is 0.600. The van der Waals surface area contributed by atoms with Gasteiger partial charge in [-0.1, -0.05) is 0 Å². The van der Waals surface area contributed by atoms with Gasteiger partial charge in [0.2, 0.25) is 10.0 Å². The second-order valence-electron chi connectivity index (χ2n) is 6.16. The molecule has 116 valence electrons. The van der Waals surface area contributed by atoms with Crippen molar-refractivity contribution >= 4 is 27.5 Å². The molecule has 2 aliphatic heterocycles. The summed E-state index contributed by atoms with van der Waals surface area (Å²) in [4.78, 5) is 3.78. The minimum Gasteiger partial charge on any atom is -0.300 e. The van der Waals surface area contributed by atoms with Crippen LogP contribution < -0.4 is 4.72 Å². The number of rotatable bonds is 4. The first-order valence-electron chi connectivity index (χ1n) is 7.37. The zero-order chi connectivity index (χ0) is 15.0. The number of nitrogens with zero attached hydrogens (tertiary/aromatic N) is 1. The van der Waals surface area contributed by atoms with Gasteiger partial charge in [-0.25, -0.2) is 8.42 Å². The number of thioether (sulfide) groups is 1. The van der Waals surface area contributed by atoms with Crippen molar-refractivity contribution in [3.63, 3.8) is 0 Å². The number of anilines is 1. The Kier molecular flexibility index (Phi) is 4.21. The van der Waals surface area contributed by atoms with Crippen molar-refractivity contribution in [1.82, 2.24) is 4.90 Å². The molecule has 0 radical (unpaired) electrons. The van der Waals surface area contributed by atoms with Gasteiger partial charge < -0.3 is 4.90 Å². The molecule has 21 heavy (non-hydrogen) atoms. The monoisotopic (exact) mass is 326 g/mol. The van der Waals surface area contributed by atoms with E-state index in [2.05, 4.69) is 16.7 Å². The van der Waals surface area contributed by atoms with Crippen molar-refractivity contribution in [3.05, 3.63) is 24.3 Å². The van der Waals surface area contributed by atoms with Crippen LogP contribution in [0.2, 0.25) is 0 Å². The van der Waals surface area contributed by atoms with Crippen molar-refractivity contribution in [2.75, 3.05) is 18.0 Å². The molecule has 1 aromatic rings. The first kappa shape index (κ1) is 15.2. The maximum atomic E-state index is 11.2. The summed E-state index contributed by atoms with van der Waals surface area (Å²) >= 11 is 1.94. The Balaban J connectivity index is 1.61. The van der Waals surface area contributed by atoms with Crippen LogP contribution in [0.3, 0.4) is 0 Å². The molecule has 2 saturated heterocycles. The molecule has 3 atom stereocenters. The van der Waals surface area contributed by atoms with Crippen LogP contribution in [0.4, 0.5) is 5.69 Å². The van der Waals surface area contributed by atoms with E-state index in [1.165, 1.54) is 36.8 Å². The van der Waals surface area contributed by atoms with Gasteiger partial charge >= 0.3 is 0 Å². The molecular formula is C15H22N2O2S2. The Hall–Kier alpha value is -0.720. The zero-order valence-electron chi connectivity index (χ0n) is 12.5. The molecule has 2 aliphatic rings. The average Bonchev–Trinajstić information content (AvgIpc) is 2.62. The van der Waals surface area contributed by atoms with E-state index < -0.39 is 10.0 Å². The first-order valence-corrected chi connectivity index (χ1v) is 10.1. The van der Waals surface area contributed by atoms with Gasteiger partial charge in [0, 0.05) is 27.9 Å². The van der Waals surface area contributed by atoms with Crippen LogP contribution in [-0.2, 0) is 10.0 Å². The van der Waals surface area contributed by atoms with E-state index in [-0.39, 0.29) is 0 Å². The van der Waals surface area contributed by atoms with Crippen LogP contribution >= 0.6 is 11.8 Å². The Labute approximate surface area is 131 Å². The van der Waals surface area contributed by atoms with Crippen molar-refractivity contribution in [3.8, 4) is 0 Å². The molecule has 0 spiro atoms. The third-order valence-corrected chi connectivity index (χ3v) is 6.38. The molecule has 2 fully saturated rings. The van der Waals surface area contributed by atoms with E-state index in [1.807, 2.05) is 36.0 Å². The lowest BCUT2D eigenvalue weighted by molar-refractivity contribution is 0.183. The van der Waals surface area contributed by atoms with Gasteiger partial charge in [-0.3, -0.25) is 4.72 Å². The van der Waals surface area contributed by atoms with E-state index in [9.17, 15) is 8.42 Å². The molecule has 1 aromatic carbocycles. The third kappa shape index (κ3) is 3.73. The van der Waals surface area contributed by atoms with Gasteiger partial charge in [0.1, 0.15) is 0 Å². The van der Waals surface area contributed by atoms with Crippen molar-refractivity contribution in [2.45, 2.75) is 47.9 Å². The van der Waals surface area contributed by atoms with Gasteiger partial charge in [-0.2, -0.15) is 0 Å². The molecule has 0 saturated carbocycles. The highest BCUT2D eigenvalue weighted by Crippen LogP contribution is 2.41. The highest BCUT2D eigenvalue weighted by atomic mass is 32.2. The number of hydrogen-bond donors (Lipinski definition) is 1. The Bertz CT molecular complexity index is 587. The van der Waals surface area contributed by atoms with Crippen LogP contribution in [0.15, 0.2) is 29.2 Å². The highest BCUT2D eigenvalue weighted by molar-refractivity contribution is 8.00. The van der Waals surface area contributed by atoms with E-state index >= 15 is 0 Å². The summed E-state index contributed by atoms with van der Waals surface area (Å²) in [5.41, 5.74) is 0.630. The summed E-state index contributed by atoms with van der Waals surface area (Å²) in [5, 5.41) is 0.687. The maximum Gasteiger partial charge on any atom is 0.229 e. The van der Waals surface area contributed by atoms with Crippen LogP contribution in [0.5, 0.6) is 0 Å². The maximum absolute atomic E-state index is 11.2. The zero-order valence-corrected chi connectivity index (χ0v) is 14.1. The largest absolute Gasteiger partial charge is 0.300 e. The SMILES string of the molecule is CN1[C@@H]2CC[C@H]1C[C@H](Sc1ccc(NS(C)(=O)=O)cc1)C2. The normalized spacial score (nSPS) is 29.5. The number of piperidine rings is 1. The fourth-order valence-corrected chi connectivity index (χ4v) is 5.34. The standard InChI is InChI=1S/C15H22N2O2S2/c1-17-12-5-6-13(17)10-15(9-12)20-14-7-3-11(4-8-14)16-21(2,18)19/h3-4,7-8,12-13,15-16H,5-6,9-10H2,1-2H3/t12-,13+,15-. The molecule has 6 heteroatoms. The van der Waals surface area contributed by atoms with Crippen LogP contribution in [0.25, 0.3) is 0 Å². The highest BCUT2D eigenvalue weighted by Gasteiger charge is 2.38. The van der Waals surface area contributed by atoms with Crippen molar-refractivity contribution in [2.24, 2.45) is 0 Å². The van der Waals surface area contributed by atoms with Gasteiger partial charge in [0.05, 0.1) is 6.26 Å². The number of hydrogen-bond acceptors (Lipinski definition) is 4. The summed E-state index contributed by atoms with van der Waals surface area (Å²) < 4.78 is 24.9. The number of nitrogens with one attached hydrogen (secondary N) is 1. The molecule has 1 N–H and O–H groups in total. The Morgan fingerprint density at radius 2 is 1.71 bits per heavy atom. The van der Waals surface area contributed by atoms with Gasteiger partial charge in [-0.15, -0.1) is 11.8 Å². The second-order valence-corrected chi connectivity index (χ2v) is 9.28. The summed E-state index contributed by atoms with van der Waals surface area (Å²) in [5.74, 6) is 0. The molecule has 0 aliphatic carbocycles. The summed E-state index contributed by atoms with van der Waals surface area (Å²) in [6.45, 7) is 0. The number of fused-ring (bicyclic) bond motifs is 2. The quantitative estimate of drug-likeness (QED) is 0.924. The number of benzene rings is 1. The predicted molar refractivity (Wildman–Crippen MR) is 88.4 cm³/mol. The molecule has 2 heterocycles. The third-order valence-electron chi connectivity index (χ3n) is 4.52. The minimum absolute atomic E-state index is 0.630. The smallest absolute Gasteiger partial charge is 0.229 e. The summed E-state index contributed by atoms with van der Waals surface area (Å²) in [7, 11) is -0.933. The van der Waals surface area contributed by atoms with E-state index in [0.717, 1.165) is 12.1 Å². The molecule has 3 rings (SSSR count). The average molecular weight is 326 g/mol. The topological polar surface area (TPSA) is 49.4 Å². The van der Waals surface area contributed by atoms with Crippen LogP contribution in [-0.4, -0.2) is 44.0 Å². The van der Waals surface area contributed by atoms with E-state index in [0.29, 0.717) is 10.9 Å². The fourth-order valence-electron chi connectivity index (χ4n) is 3.47. The molecular weight excluding hydrogens is 304 g/mol. The lowest BCUT2D eigenvalue weighted by Crippen LogP contribution is -2.40. The Morgan fingerprint density at radius 3 is 2.24 bits per heavy atom. The summed E-state index contributed by atoms with van der Waals surface area (Å²) in [6, 6.07) is 9.22.